The van der Waals surface area contributed by atoms with E-state index in [9.17, 15) is 4.79 Å². The van der Waals surface area contributed by atoms with Crippen molar-refractivity contribution in [2.24, 2.45) is 10.2 Å². The fraction of sp³-hybridized carbons (Fsp3) is 0.579. The molecular formula is C19H28N8O2. The number of azo groups is 1. The second-order valence-corrected chi connectivity index (χ2v) is 8.95. The molecule has 0 spiro atoms. The summed E-state index contributed by atoms with van der Waals surface area (Å²) in [5, 5.41) is 23.4. The molecule has 0 bridgehead atoms. The molecule has 10 heteroatoms. The Hall–Kier alpha value is -3.04. The average molecular weight is 400 g/mol. The molecule has 0 aliphatic heterocycles. The molecule has 0 aliphatic carbocycles. The highest BCUT2D eigenvalue weighted by Gasteiger charge is 2.30. The average Bonchev–Trinajstić information content (AvgIpc) is 3.24. The number of aromatic amines is 2. The van der Waals surface area contributed by atoms with Crippen molar-refractivity contribution in [3.05, 3.63) is 22.8 Å². The maximum Gasteiger partial charge on any atom is 0.344 e. The SMILES string of the molecule is CCOC(=O)c1c(N=Nc2c(C(C)(C)C)[nH]n3nc(C)nc23)n[nH]c1C(C)(C)C. The molecule has 0 radical (unpaired) electrons. The normalized spacial score (nSPS) is 13.0. The van der Waals surface area contributed by atoms with Crippen LogP contribution in [0, 0.1) is 6.92 Å². The molecule has 10 nitrogen and oxygen atoms in total. The Bertz CT molecular complexity index is 1070. The first-order valence-corrected chi connectivity index (χ1v) is 9.57. The molecule has 0 atom stereocenters. The molecule has 156 valence electrons. The Morgan fingerprint density at radius 1 is 1.10 bits per heavy atom. The number of hydrogen-bond acceptors (Lipinski definition) is 7. The minimum atomic E-state index is -0.478. The third-order valence-corrected chi connectivity index (χ3v) is 4.35. The number of carbonyl (C=O) groups excluding carboxylic acids is 1. The van der Waals surface area contributed by atoms with Crippen LogP contribution in [0.4, 0.5) is 11.5 Å². The van der Waals surface area contributed by atoms with Gasteiger partial charge in [-0.2, -0.15) is 9.73 Å². The summed E-state index contributed by atoms with van der Waals surface area (Å²) in [7, 11) is 0. The van der Waals surface area contributed by atoms with Gasteiger partial charge in [0.15, 0.2) is 5.69 Å². The van der Waals surface area contributed by atoms with Crippen LogP contribution in [0.2, 0.25) is 0 Å². The number of H-pyrrole nitrogens is 2. The largest absolute Gasteiger partial charge is 0.462 e. The van der Waals surface area contributed by atoms with Crippen molar-refractivity contribution < 1.29 is 9.53 Å². The van der Waals surface area contributed by atoms with E-state index in [4.69, 9.17) is 4.74 Å². The Labute approximate surface area is 169 Å². The van der Waals surface area contributed by atoms with E-state index in [1.807, 2.05) is 20.8 Å². The van der Waals surface area contributed by atoms with Crippen LogP contribution in [0.1, 0.15) is 76.0 Å². The molecule has 0 unspecified atom stereocenters. The number of carbonyl (C=O) groups is 1. The lowest BCUT2D eigenvalue weighted by Crippen LogP contribution is -2.17. The number of aryl methyl sites for hydroxylation is 1. The second-order valence-electron chi connectivity index (χ2n) is 8.95. The maximum atomic E-state index is 12.6. The van der Waals surface area contributed by atoms with Crippen LogP contribution in [0.25, 0.3) is 5.65 Å². The van der Waals surface area contributed by atoms with Gasteiger partial charge in [0.2, 0.25) is 11.5 Å². The quantitative estimate of drug-likeness (QED) is 0.499. The summed E-state index contributed by atoms with van der Waals surface area (Å²) in [4.78, 5) is 17.0. The van der Waals surface area contributed by atoms with Crippen molar-refractivity contribution in [2.45, 2.75) is 66.2 Å². The van der Waals surface area contributed by atoms with Crippen LogP contribution < -0.4 is 0 Å². The molecule has 2 N–H and O–H groups in total. The van der Waals surface area contributed by atoms with Gasteiger partial charge >= 0.3 is 5.97 Å². The molecule has 0 amide bonds. The van der Waals surface area contributed by atoms with Gasteiger partial charge in [0.1, 0.15) is 11.4 Å². The van der Waals surface area contributed by atoms with Crippen LogP contribution in [-0.2, 0) is 15.6 Å². The van der Waals surface area contributed by atoms with E-state index >= 15 is 0 Å². The minimum absolute atomic E-state index is 0.184. The summed E-state index contributed by atoms with van der Waals surface area (Å²) >= 11 is 0. The van der Waals surface area contributed by atoms with E-state index in [2.05, 4.69) is 56.4 Å². The molecule has 0 saturated carbocycles. The van der Waals surface area contributed by atoms with Gasteiger partial charge in [-0.05, 0) is 13.8 Å². The van der Waals surface area contributed by atoms with Crippen LogP contribution in [0.5, 0.6) is 0 Å². The fourth-order valence-electron chi connectivity index (χ4n) is 2.98. The van der Waals surface area contributed by atoms with Crippen LogP contribution in [0.3, 0.4) is 0 Å². The summed E-state index contributed by atoms with van der Waals surface area (Å²) in [6, 6.07) is 0. The van der Waals surface area contributed by atoms with E-state index in [1.54, 1.807) is 18.5 Å². The topological polar surface area (TPSA) is 126 Å². The highest BCUT2D eigenvalue weighted by molar-refractivity contribution is 5.95. The monoisotopic (exact) mass is 400 g/mol. The summed E-state index contributed by atoms with van der Waals surface area (Å²) in [5.74, 6) is 0.327. The zero-order chi connectivity index (χ0) is 21.6. The molecular weight excluding hydrogens is 372 g/mol. The van der Waals surface area contributed by atoms with Crippen molar-refractivity contribution in [3.63, 3.8) is 0 Å². The van der Waals surface area contributed by atoms with Gasteiger partial charge in [0, 0.05) is 10.8 Å². The van der Waals surface area contributed by atoms with E-state index in [0.29, 0.717) is 28.4 Å². The van der Waals surface area contributed by atoms with Crippen molar-refractivity contribution in [1.82, 2.24) is 30.0 Å². The summed E-state index contributed by atoms with van der Waals surface area (Å²) in [5.41, 5.74) is 2.33. The first kappa shape index (κ1) is 20.7. The first-order chi connectivity index (χ1) is 13.4. The van der Waals surface area contributed by atoms with E-state index < -0.39 is 5.97 Å². The number of esters is 1. The fourth-order valence-corrected chi connectivity index (χ4v) is 2.98. The van der Waals surface area contributed by atoms with Crippen molar-refractivity contribution >= 4 is 23.1 Å². The predicted octanol–water partition coefficient (Wildman–Crippen LogP) is 4.28. The molecule has 0 saturated heterocycles. The lowest BCUT2D eigenvalue weighted by Gasteiger charge is -2.17. The molecule has 29 heavy (non-hydrogen) atoms. The zero-order valence-electron chi connectivity index (χ0n) is 18.2. The van der Waals surface area contributed by atoms with Gasteiger partial charge in [-0.15, -0.1) is 15.3 Å². The molecule has 3 rings (SSSR count). The summed E-state index contributed by atoms with van der Waals surface area (Å²) < 4.78 is 6.80. The molecule has 0 fully saturated rings. The first-order valence-electron chi connectivity index (χ1n) is 9.57. The molecule has 3 aromatic heterocycles. The molecule has 0 aliphatic rings. The Kier molecular flexibility index (Phi) is 5.06. The lowest BCUT2D eigenvalue weighted by atomic mass is 9.89. The molecule has 3 aromatic rings. The highest BCUT2D eigenvalue weighted by atomic mass is 16.5. The number of aromatic nitrogens is 6. The van der Waals surface area contributed by atoms with E-state index in [-0.39, 0.29) is 23.3 Å². The number of ether oxygens (including phenoxy) is 1. The van der Waals surface area contributed by atoms with Crippen molar-refractivity contribution in [3.8, 4) is 0 Å². The van der Waals surface area contributed by atoms with Gasteiger partial charge in [0.05, 0.1) is 18.0 Å². The zero-order valence-corrected chi connectivity index (χ0v) is 18.2. The van der Waals surface area contributed by atoms with Gasteiger partial charge in [-0.1, -0.05) is 41.5 Å². The third kappa shape index (κ3) is 3.92. The number of nitrogens with one attached hydrogen (secondary N) is 2. The number of rotatable bonds is 4. The van der Waals surface area contributed by atoms with Crippen LogP contribution in [-0.4, -0.2) is 42.6 Å². The lowest BCUT2D eigenvalue weighted by molar-refractivity contribution is 0.0524. The van der Waals surface area contributed by atoms with Crippen LogP contribution in [0.15, 0.2) is 10.2 Å². The standard InChI is InChI=1S/C19H28N8O2/c1-9-29-17(28)11-13(18(3,4)5)22-24-15(11)23-21-12-14(19(6,7)8)26-27-16(12)20-10(2)25-27/h26H,9H2,1-8H3,(H,22,24). The summed E-state index contributed by atoms with van der Waals surface area (Å²) in [6.45, 7) is 15.9. The van der Waals surface area contributed by atoms with Gasteiger partial charge in [-0.3, -0.25) is 10.2 Å². The number of nitrogens with zero attached hydrogens (tertiary/aromatic N) is 6. The van der Waals surface area contributed by atoms with Crippen molar-refractivity contribution in [1.29, 1.82) is 0 Å². The van der Waals surface area contributed by atoms with Gasteiger partial charge in [-0.25, -0.2) is 9.78 Å². The number of fused-ring (bicyclic) bond motifs is 1. The smallest absolute Gasteiger partial charge is 0.344 e. The molecule has 0 aromatic carbocycles. The maximum absolute atomic E-state index is 12.6. The highest BCUT2D eigenvalue weighted by Crippen LogP contribution is 2.36. The second kappa shape index (κ2) is 7.09. The Balaban J connectivity index is 2.14. The minimum Gasteiger partial charge on any atom is -0.462 e. The number of hydrogen-bond donors (Lipinski definition) is 2. The van der Waals surface area contributed by atoms with Gasteiger partial charge < -0.3 is 4.74 Å². The summed E-state index contributed by atoms with van der Waals surface area (Å²) in [6.07, 6.45) is 0. The predicted molar refractivity (Wildman–Crippen MR) is 108 cm³/mol. The Morgan fingerprint density at radius 3 is 2.34 bits per heavy atom. The third-order valence-electron chi connectivity index (χ3n) is 4.35. The van der Waals surface area contributed by atoms with E-state index in [0.717, 1.165) is 5.69 Å². The molecule has 3 heterocycles. The van der Waals surface area contributed by atoms with Gasteiger partial charge in [0.25, 0.3) is 0 Å². The Morgan fingerprint density at radius 2 is 1.76 bits per heavy atom. The van der Waals surface area contributed by atoms with Crippen molar-refractivity contribution in [2.75, 3.05) is 6.61 Å². The van der Waals surface area contributed by atoms with Crippen LogP contribution >= 0.6 is 0 Å². The van der Waals surface area contributed by atoms with E-state index in [1.165, 1.54) is 0 Å².